The van der Waals surface area contributed by atoms with Crippen molar-refractivity contribution < 1.29 is 9.13 Å². The minimum atomic E-state index is -0.310. The number of nitrogens with zero attached hydrogens (tertiary/aromatic N) is 2. The Kier molecular flexibility index (Phi) is 4.01. The van der Waals surface area contributed by atoms with Crippen LogP contribution in [0.5, 0.6) is 5.75 Å². The number of para-hydroxylation sites is 1. The van der Waals surface area contributed by atoms with Gasteiger partial charge in [0.2, 0.25) is 0 Å². The smallest absolute Gasteiger partial charge is 0.137 e. The maximum absolute atomic E-state index is 13.1. The molecule has 0 saturated heterocycles. The van der Waals surface area contributed by atoms with Gasteiger partial charge in [-0.1, -0.05) is 18.2 Å². The predicted molar refractivity (Wildman–Crippen MR) is 82.0 cm³/mol. The van der Waals surface area contributed by atoms with Gasteiger partial charge in [0.25, 0.3) is 0 Å². The molecular formula is C16H12BrFN2O. The summed E-state index contributed by atoms with van der Waals surface area (Å²) in [6.45, 7) is 0.331. The largest absolute Gasteiger partial charge is 0.487 e. The summed E-state index contributed by atoms with van der Waals surface area (Å²) in [5.41, 5.74) is 1.80. The lowest BCUT2D eigenvalue weighted by Gasteiger charge is -2.05. The van der Waals surface area contributed by atoms with Gasteiger partial charge in [0.05, 0.1) is 10.2 Å². The van der Waals surface area contributed by atoms with E-state index in [-0.39, 0.29) is 5.82 Å². The predicted octanol–water partition coefficient (Wildman–Crippen LogP) is 4.35. The molecule has 0 aliphatic carbocycles. The molecule has 0 amide bonds. The second-order valence-corrected chi connectivity index (χ2v) is 5.31. The van der Waals surface area contributed by atoms with E-state index >= 15 is 0 Å². The molecule has 3 nitrogen and oxygen atoms in total. The fourth-order valence-corrected chi connectivity index (χ4v) is 2.24. The molecule has 3 aromatic rings. The summed E-state index contributed by atoms with van der Waals surface area (Å²) in [5.74, 6) is 0.285. The van der Waals surface area contributed by atoms with Gasteiger partial charge in [-0.15, -0.1) is 0 Å². The Labute approximate surface area is 130 Å². The van der Waals surface area contributed by atoms with Crippen molar-refractivity contribution in [3.63, 3.8) is 0 Å². The van der Waals surface area contributed by atoms with Crippen LogP contribution in [0.4, 0.5) is 4.39 Å². The van der Waals surface area contributed by atoms with Crippen LogP contribution in [0.2, 0.25) is 0 Å². The van der Waals surface area contributed by atoms with Gasteiger partial charge in [-0.2, -0.15) is 5.10 Å². The zero-order chi connectivity index (χ0) is 14.7. The highest BCUT2D eigenvalue weighted by atomic mass is 79.9. The van der Waals surface area contributed by atoms with Gasteiger partial charge in [0, 0.05) is 6.20 Å². The van der Waals surface area contributed by atoms with Crippen LogP contribution in [-0.4, -0.2) is 9.78 Å². The van der Waals surface area contributed by atoms with Gasteiger partial charge in [0.15, 0.2) is 0 Å². The van der Waals surface area contributed by atoms with Crippen LogP contribution in [0.25, 0.3) is 5.69 Å². The normalized spacial score (nSPS) is 10.6. The fraction of sp³-hybridized carbons (Fsp3) is 0.0625. The van der Waals surface area contributed by atoms with E-state index in [1.807, 2.05) is 42.6 Å². The maximum Gasteiger partial charge on any atom is 0.137 e. The highest BCUT2D eigenvalue weighted by Crippen LogP contribution is 2.22. The van der Waals surface area contributed by atoms with Gasteiger partial charge in [-0.3, -0.25) is 0 Å². The summed E-state index contributed by atoms with van der Waals surface area (Å²) in [7, 11) is 0. The molecule has 106 valence electrons. The molecule has 0 bridgehead atoms. The Morgan fingerprint density at radius 1 is 1.10 bits per heavy atom. The van der Waals surface area contributed by atoms with Crippen LogP contribution >= 0.6 is 15.9 Å². The molecule has 0 aliphatic rings. The number of hydrogen-bond acceptors (Lipinski definition) is 2. The summed E-state index contributed by atoms with van der Waals surface area (Å²) in [6, 6.07) is 16.3. The molecule has 0 saturated carbocycles. The Bertz CT molecular complexity index is 743. The third-order valence-corrected chi connectivity index (χ3v) is 3.55. The second-order valence-electron chi connectivity index (χ2n) is 4.45. The van der Waals surface area contributed by atoms with Gasteiger partial charge in [-0.05, 0) is 52.3 Å². The molecule has 1 aromatic heterocycles. The van der Waals surface area contributed by atoms with E-state index in [1.165, 1.54) is 6.07 Å². The van der Waals surface area contributed by atoms with Crippen molar-refractivity contribution in [1.82, 2.24) is 9.78 Å². The molecular weight excluding hydrogens is 335 g/mol. The van der Waals surface area contributed by atoms with E-state index < -0.39 is 0 Å². The summed E-state index contributed by atoms with van der Waals surface area (Å²) >= 11 is 3.13. The van der Waals surface area contributed by atoms with Crippen LogP contribution < -0.4 is 4.74 Å². The lowest BCUT2D eigenvalue weighted by atomic mass is 10.3. The average molecular weight is 347 g/mol. The first-order chi connectivity index (χ1) is 10.2. The maximum atomic E-state index is 13.1. The van der Waals surface area contributed by atoms with E-state index in [0.717, 1.165) is 11.4 Å². The monoisotopic (exact) mass is 346 g/mol. The third kappa shape index (κ3) is 3.31. The summed E-state index contributed by atoms with van der Waals surface area (Å²) in [5, 5.41) is 4.44. The molecule has 0 radical (unpaired) electrons. The lowest BCUT2D eigenvalue weighted by molar-refractivity contribution is 0.300. The number of ether oxygens (including phenoxy) is 1. The molecule has 0 fully saturated rings. The molecule has 21 heavy (non-hydrogen) atoms. The van der Waals surface area contributed by atoms with Crippen molar-refractivity contribution in [2.45, 2.75) is 6.61 Å². The van der Waals surface area contributed by atoms with Crippen molar-refractivity contribution in [2.75, 3.05) is 0 Å². The SMILES string of the molecule is Fc1ccc(OCc2ccn(-c3ccccc3)n2)cc1Br. The Balaban J connectivity index is 1.69. The van der Waals surface area contributed by atoms with E-state index in [9.17, 15) is 4.39 Å². The molecule has 0 aliphatic heterocycles. The van der Waals surface area contributed by atoms with Crippen molar-refractivity contribution >= 4 is 15.9 Å². The molecule has 1 heterocycles. The minimum absolute atomic E-state index is 0.310. The van der Waals surface area contributed by atoms with E-state index in [4.69, 9.17) is 4.74 Å². The number of aromatic nitrogens is 2. The summed E-state index contributed by atoms with van der Waals surface area (Å²) < 4.78 is 20.9. The van der Waals surface area contributed by atoms with Gasteiger partial charge in [0.1, 0.15) is 23.9 Å². The molecule has 0 atom stereocenters. The standard InChI is InChI=1S/C16H12BrFN2O/c17-15-10-14(6-7-16(15)18)21-11-12-8-9-20(19-12)13-4-2-1-3-5-13/h1-10H,11H2. The van der Waals surface area contributed by atoms with Crippen molar-refractivity contribution in [2.24, 2.45) is 0 Å². The van der Waals surface area contributed by atoms with E-state index in [1.54, 1.807) is 16.8 Å². The van der Waals surface area contributed by atoms with Crippen molar-refractivity contribution in [3.8, 4) is 11.4 Å². The molecule has 5 heteroatoms. The highest BCUT2D eigenvalue weighted by molar-refractivity contribution is 9.10. The highest BCUT2D eigenvalue weighted by Gasteiger charge is 2.04. The third-order valence-electron chi connectivity index (χ3n) is 2.94. The fourth-order valence-electron chi connectivity index (χ4n) is 1.89. The number of halogens is 2. The second kappa shape index (κ2) is 6.10. The molecule has 0 N–H and O–H groups in total. The van der Waals surface area contributed by atoms with Crippen molar-refractivity contribution in [1.29, 1.82) is 0 Å². The van der Waals surface area contributed by atoms with Gasteiger partial charge < -0.3 is 4.74 Å². The topological polar surface area (TPSA) is 27.1 Å². The first kappa shape index (κ1) is 13.8. The number of hydrogen-bond donors (Lipinski definition) is 0. The van der Waals surface area contributed by atoms with Crippen LogP contribution in [0.15, 0.2) is 65.3 Å². The van der Waals surface area contributed by atoms with Crippen molar-refractivity contribution in [3.05, 3.63) is 76.8 Å². The molecule has 3 rings (SSSR count). The summed E-state index contributed by atoms with van der Waals surface area (Å²) in [6.07, 6.45) is 1.88. The quantitative estimate of drug-likeness (QED) is 0.702. The van der Waals surface area contributed by atoms with Crippen LogP contribution in [0, 0.1) is 5.82 Å². The Morgan fingerprint density at radius 3 is 2.67 bits per heavy atom. The van der Waals surface area contributed by atoms with Crippen LogP contribution in [0.1, 0.15) is 5.69 Å². The summed E-state index contributed by atoms with van der Waals surface area (Å²) in [4.78, 5) is 0. The zero-order valence-corrected chi connectivity index (χ0v) is 12.6. The van der Waals surface area contributed by atoms with E-state index in [0.29, 0.717) is 16.8 Å². The Morgan fingerprint density at radius 2 is 1.90 bits per heavy atom. The van der Waals surface area contributed by atoms with Crippen LogP contribution in [-0.2, 0) is 6.61 Å². The first-order valence-corrected chi connectivity index (χ1v) is 7.19. The zero-order valence-electron chi connectivity index (χ0n) is 11.0. The first-order valence-electron chi connectivity index (χ1n) is 6.40. The van der Waals surface area contributed by atoms with Gasteiger partial charge in [-0.25, -0.2) is 9.07 Å². The van der Waals surface area contributed by atoms with Gasteiger partial charge >= 0.3 is 0 Å². The lowest BCUT2D eigenvalue weighted by Crippen LogP contribution is -1.99. The molecule has 0 unspecified atom stereocenters. The van der Waals surface area contributed by atoms with Crippen LogP contribution in [0.3, 0.4) is 0 Å². The number of rotatable bonds is 4. The van der Waals surface area contributed by atoms with E-state index in [2.05, 4.69) is 21.0 Å². The molecule has 0 spiro atoms. The Hall–Kier alpha value is -2.14. The number of benzene rings is 2. The average Bonchev–Trinajstić information content (AvgIpc) is 2.98. The molecule has 2 aromatic carbocycles. The minimum Gasteiger partial charge on any atom is -0.487 e.